The Balaban J connectivity index is 2.05. The molecule has 26 heavy (non-hydrogen) atoms. The highest BCUT2D eigenvalue weighted by atomic mass is 35.5. The van der Waals surface area contributed by atoms with E-state index < -0.39 is 32.6 Å². The summed E-state index contributed by atoms with van der Waals surface area (Å²) in [4.78, 5) is 3.62. The molecule has 0 saturated heterocycles. The van der Waals surface area contributed by atoms with Crippen molar-refractivity contribution >= 4 is 21.6 Å². The minimum atomic E-state index is -4.24. The first-order valence-electron chi connectivity index (χ1n) is 7.48. The van der Waals surface area contributed by atoms with Crippen LogP contribution in [0, 0.1) is 11.6 Å². The number of hydrogen-bond donors (Lipinski definition) is 1. The second-order valence-electron chi connectivity index (χ2n) is 5.58. The summed E-state index contributed by atoms with van der Waals surface area (Å²) >= 11 is 5.68. The summed E-state index contributed by atoms with van der Waals surface area (Å²) in [7, 11) is -2.55. The van der Waals surface area contributed by atoms with Gasteiger partial charge in [-0.1, -0.05) is 23.7 Å². The first-order valence-corrected chi connectivity index (χ1v) is 9.34. The van der Waals surface area contributed by atoms with Gasteiger partial charge in [0.05, 0.1) is 0 Å². The molecule has 0 aliphatic heterocycles. The van der Waals surface area contributed by atoms with Crippen LogP contribution < -0.4 is 4.72 Å². The molecule has 0 aliphatic rings. The highest BCUT2D eigenvalue weighted by Crippen LogP contribution is 2.25. The smallest absolute Gasteiger partial charge is 0.244 e. The molecule has 1 heterocycles. The predicted molar refractivity (Wildman–Crippen MR) is 93.2 cm³/mol. The second-order valence-corrected chi connectivity index (χ2v) is 7.70. The number of halogens is 3. The van der Waals surface area contributed by atoms with Crippen molar-refractivity contribution in [1.29, 1.82) is 0 Å². The van der Waals surface area contributed by atoms with Crippen LogP contribution in [0.3, 0.4) is 0 Å². The maximum atomic E-state index is 14.1. The predicted octanol–water partition coefficient (Wildman–Crippen LogP) is 3.42. The third kappa shape index (κ3) is 3.77. The van der Waals surface area contributed by atoms with Crippen LogP contribution in [-0.2, 0) is 17.1 Å². The van der Waals surface area contributed by atoms with Crippen molar-refractivity contribution in [2.24, 2.45) is 7.05 Å². The van der Waals surface area contributed by atoms with Crippen molar-refractivity contribution in [2.75, 3.05) is 0 Å². The molecule has 5 nitrogen and oxygen atoms in total. The van der Waals surface area contributed by atoms with Crippen molar-refractivity contribution in [3.63, 3.8) is 0 Å². The zero-order chi connectivity index (χ0) is 18.9. The summed E-state index contributed by atoms with van der Waals surface area (Å²) in [5.74, 6) is -1.06. The first kappa shape index (κ1) is 18.5. The minimum Gasteiger partial charge on any atom is -0.336 e. The van der Waals surface area contributed by atoms with Gasteiger partial charge in [-0.3, -0.25) is 0 Å². The second kappa shape index (κ2) is 7.14. The maximum absolute atomic E-state index is 14.1. The lowest BCUT2D eigenvalue weighted by Crippen LogP contribution is -2.31. The van der Waals surface area contributed by atoms with E-state index in [1.807, 2.05) is 0 Å². The monoisotopic (exact) mass is 397 g/mol. The Bertz CT molecular complexity index is 1040. The Hall–Kier alpha value is -2.29. The summed E-state index contributed by atoms with van der Waals surface area (Å²) in [6.45, 7) is 0. The number of benzene rings is 2. The lowest BCUT2D eigenvalue weighted by atomic mass is 10.1. The van der Waals surface area contributed by atoms with Gasteiger partial charge in [0.25, 0.3) is 0 Å². The molecule has 3 aromatic rings. The Morgan fingerprint density at radius 1 is 1.15 bits per heavy atom. The van der Waals surface area contributed by atoms with Crippen molar-refractivity contribution in [1.82, 2.24) is 14.3 Å². The lowest BCUT2D eigenvalue weighted by Gasteiger charge is -2.19. The molecule has 0 fully saturated rings. The number of imidazole rings is 1. The van der Waals surface area contributed by atoms with Gasteiger partial charge in [-0.25, -0.2) is 22.2 Å². The van der Waals surface area contributed by atoms with E-state index in [1.54, 1.807) is 17.8 Å². The minimum absolute atomic E-state index is 0.0839. The van der Waals surface area contributed by atoms with Gasteiger partial charge in [-0.2, -0.15) is 4.72 Å². The van der Waals surface area contributed by atoms with Crippen LogP contribution in [0.25, 0.3) is 0 Å². The van der Waals surface area contributed by atoms with Crippen molar-refractivity contribution in [3.8, 4) is 0 Å². The third-order valence-electron chi connectivity index (χ3n) is 3.78. The Morgan fingerprint density at radius 3 is 2.42 bits per heavy atom. The summed E-state index contributed by atoms with van der Waals surface area (Å²) < 4.78 is 56.8. The Labute approximate surface area is 154 Å². The molecule has 9 heteroatoms. The van der Waals surface area contributed by atoms with Gasteiger partial charge in [0.1, 0.15) is 28.4 Å². The van der Waals surface area contributed by atoms with E-state index in [4.69, 9.17) is 11.6 Å². The molecule has 0 bridgehead atoms. The van der Waals surface area contributed by atoms with Crippen LogP contribution >= 0.6 is 11.6 Å². The van der Waals surface area contributed by atoms with E-state index in [0.29, 0.717) is 11.4 Å². The zero-order valence-electron chi connectivity index (χ0n) is 13.5. The standard InChI is InChI=1S/C17H14ClF2N3O2S/c1-23-9-8-21-17(23)16(11-2-5-13(19)6-3-11)22-26(24,25)15-7-4-12(18)10-14(15)20/h2-10,16,22H,1H3/t16-/m0/s1. The molecule has 0 spiro atoms. The average molecular weight is 398 g/mol. The summed E-state index contributed by atoms with van der Waals surface area (Å²) in [5, 5.41) is 0.0839. The van der Waals surface area contributed by atoms with E-state index in [1.165, 1.54) is 36.5 Å². The molecule has 0 aliphatic carbocycles. The van der Waals surface area contributed by atoms with Crippen molar-refractivity contribution < 1.29 is 17.2 Å². The highest BCUT2D eigenvalue weighted by molar-refractivity contribution is 7.89. The van der Waals surface area contributed by atoms with Crippen molar-refractivity contribution in [2.45, 2.75) is 10.9 Å². The number of rotatable bonds is 5. The average Bonchev–Trinajstić information content (AvgIpc) is 2.99. The SMILES string of the molecule is Cn1ccnc1[C@@H](NS(=O)(=O)c1ccc(Cl)cc1F)c1ccc(F)cc1. The number of hydrogen-bond acceptors (Lipinski definition) is 3. The number of nitrogens with zero attached hydrogens (tertiary/aromatic N) is 2. The van der Waals surface area contributed by atoms with E-state index in [-0.39, 0.29) is 5.02 Å². The third-order valence-corrected chi connectivity index (χ3v) is 5.47. The Kier molecular flexibility index (Phi) is 5.08. The van der Waals surface area contributed by atoms with Gasteiger partial charge in [-0.15, -0.1) is 0 Å². The molecule has 0 radical (unpaired) electrons. The van der Waals surface area contributed by atoms with Gasteiger partial charge in [0, 0.05) is 24.5 Å². The zero-order valence-corrected chi connectivity index (χ0v) is 15.1. The summed E-state index contributed by atoms with van der Waals surface area (Å²) in [5.41, 5.74) is 0.457. The number of nitrogens with one attached hydrogen (secondary N) is 1. The fourth-order valence-corrected chi connectivity index (χ4v) is 3.89. The number of aryl methyl sites for hydroxylation is 1. The molecule has 0 amide bonds. The van der Waals surface area contributed by atoms with Crippen LogP contribution in [0.1, 0.15) is 17.4 Å². The van der Waals surface area contributed by atoms with Crippen LogP contribution in [0.15, 0.2) is 59.8 Å². The van der Waals surface area contributed by atoms with Gasteiger partial charge >= 0.3 is 0 Å². The number of sulfonamides is 1. The Morgan fingerprint density at radius 2 is 1.85 bits per heavy atom. The highest BCUT2D eigenvalue weighted by Gasteiger charge is 2.27. The van der Waals surface area contributed by atoms with Gasteiger partial charge in [0.2, 0.25) is 10.0 Å². The van der Waals surface area contributed by atoms with Gasteiger partial charge in [0.15, 0.2) is 0 Å². The van der Waals surface area contributed by atoms with Gasteiger partial charge < -0.3 is 4.57 Å². The molecule has 1 aromatic heterocycles. The first-order chi connectivity index (χ1) is 12.3. The molecular weight excluding hydrogens is 384 g/mol. The van der Waals surface area contributed by atoms with Gasteiger partial charge in [-0.05, 0) is 35.9 Å². The van der Waals surface area contributed by atoms with Crippen LogP contribution in [0.2, 0.25) is 5.02 Å². The van der Waals surface area contributed by atoms with E-state index in [2.05, 4.69) is 9.71 Å². The van der Waals surface area contributed by atoms with E-state index >= 15 is 0 Å². The molecule has 136 valence electrons. The summed E-state index contributed by atoms with van der Waals surface area (Å²) in [6.07, 6.45) is 3.14. The molecule has 2 aromatic carbocycles. The largest absolute Gasteiger partial charge is 0.336 e. The summed E-state index contributed by atoms with van der Waals surface area (Å²) in [6, 6.07) is 7.66. The van der Waals surface area contributed by atoms with Crippen molar-refractivity contribution in [3.05, 3.63) is 82.9 Å². The molecule has 1 atom stereocenters. The lowest BCUT2D eigenvalue weighted by molar-refractivity contribution is 0.544. The van der Waals surface area contributed by atoms with Crippen LogP contribution in [-0.4, -0.2) is 18.0 Å². The van der Waals surface area contributed by atoms with Crippen LogP contribution in [0.5, 0.6) is 0 Å². The molecule has 0 unspecified atom stereocenters. The fraction of sp³-hybridized carbons (Fsp3) is 0.118. The normalized spacial score (nSPS) is 12.9. The maximum Gasteiger partial charge on any atom is 0.244 e. The molecule has 0 saturated carbocycles. The fourth-order valence-electron chi connectivity index (χ4n) is 2.49. The topological polar surface area (TPSA) is 64.0 Å². The molecule has 1 N–H and O–H groups in total. The molecule has 3 rings (SSSR count). The van der Waals surface area contributed by atoms with E-state index in [0.717, 1.165) is 12.1 Å². The molecular formula is C17H14ClF2N3O2S. The quantitative estimate of drug-likeness (QED) is 0.717. The van der Waals surface area contributed by atoms with E-state index in [9.17, 15) is 17.2 Å². The number of aromatic nitrogens is 2. The van der Waals surface area contributed by atoms with Crippen LogP contribution in [0.4, 0.5) is 8.78 Å².